The van der Waals surface area contributed by atoms with Crippen molar-refractivity contribution in [3.63, 3.8) is 0 Å². The van der Waals surface area contributed by atoms with Crippen molar-refractivity contribution >= 4 is 0 Å². The monoisotopic (exact) mass is 226 g/mol. The molecule has 3 nitrogen and oxygen atoms in total. The number of ether oxygens (including phenoxy) is 1. The highest BCUT2D eigenvalue weighted by Gasteiger charge is 2.45. The van der Waals surface area contributed by atoms with Gasteiger partial charge >= 0.3 is 0 Å². The summed E-state index contributed by atoms with van der Waals surface area (Å²) in [6.45, 7) is 8.41. The molecular formula is C13H26N2O. The number of nitrogens with zero attached hydrogens (tertiary/aromatic N) is 1. The standard InChI is InChI=1S/C13H26N2O/c1-11(2)12(14)13(5-3-4-6-13)15-7-9-16-10-8-15/h11-12H,3-10,14H2,1-2H3. The van der Waals surface area contributed by atoms with Gasteiger partial charge in [-0.1, -0.05) is 26.7 Å². The lowest BCUT2D eigenvalue weighted by Crippen LogP contribution is -2.62. The topological polar surface area (TPSA) is 38.5 Å². The molecule has 0 aromatic carbocycles. The maximum Gasteiger partial charge on any atom is 0.0594 e. The average molecular weight is 226 g/mol. The van der Waals surface area contributed by atoms with Crippen LogP contribution in [0, 0.1) is 5.92 Å². The van der Waals surface area contributed by atoms with E-state index in [4.69, 9.17) is 10.5 Å². The van der Waals surface area contributed by atoms with Crippen LogP contribution in [0.1, 0.15) is 39.5 Å². The minimum Gasteiger partial charge on any atom is -0.379 e. The molecule has 3 heteroatoms. The van der Waals surface area contributed by atoms with Crippen LogP contribution in [0.5, 0.6) is 0 Å². The first kappa shape index (κ1) is 12.3. The summed E-state index contributed by atoms with van der Waals surface area (Å²) in [6.07, 6.45) is 5.26. The Hall–Kier alpha value is -0.120. The molecule has 2 fully saturated rings. The molecule has 2 N–H and O–H groups in total. The normalized spacial score (nSPS) is 28.5. The largest absolute Gasteiger partial charge is 0.379 e. The fourth-order valence-corrected chi connectivity index (χ4v) is 3.48. The minimum absolute atomic E-state index is 0.276. The maximum atomic E-state index is 6.51. The van der Waals surface area contributed by atoms with Gasteiger partial charge in [-0.15, -0.1) is 0 Å². The summed E-state index contributed by atoms with van der Waals surface area (Å²) < 4.78 is 5.46. The quantitative estimate of drug-likeness (QED) is 0.794. The van der Waals surface area contributed by atoms with E-state index in [0.29, 0.717) is 12.0 Å². The first-order chi connectivity index (χ1) is 7.67. The minimum atomic E-state index is 0.276. The predicted octanol–water partition coefficient (Wildman–Crippen LogP) is 1.61. The molecular weight excluding hydrogens is 200 g/mol. The van der Waals surface area contributed by atoms with Crippen LogP contribution in [0.3, 0.4) is 0 Å². The molecule has 0 aromatic heterocycles. The van der Waals surface area contributed by atoms with Crippen molar-refractivity contribution in [2.75, 3.05) is 26.3 Å². The fraction of sp³-hybridized carbons (Fsp3) is 1.00. The van der Waals surface area contributed by atoms with E-state index in [1.54, 1.807) is 0 Å². The Kier molecular flexibility index (Phi) is 3.88. The zero-order valence-corrected chi connectivity index (χ0v) is 10.7. The Bertz CT molecular complexity index is 218. The highest BCUT2D eigenvalue weighted by molar-refractivity contribution is 5.03. The van der Waals surface area contributed by atoms with Crippen LogP contribution >= 0.6 is 0 Å². The van der Waals surface area contributed by atoms with Crippen LogP contribution in [0.4, 0.5) is 0 Å². The van der Waals surface area contributed by atoms with Crippen LogP contribution in [0.15, 0.2) is 0 Å². The lowest BCUT2D eigenvalue weighted by Gasteiger charge is -2.48. The second kappa shape index (κ2) is 5.03. The number of nitrogens with two attached hydrogens (primary N) is 1. The van der Waals surface area contributed by atoms with E-state index in [1.807, 2.05) is 0 Å². The van der Waals surface area contributed by atoms with Crippen LogP contribution in [0.2, 0.25) is 0 Å². The van der Waals surface area contributed by atoms with E-state index < -0.39 is 0 Å². The van der Waals surface area contributed by atoms with Gasteiger partial charge in [0, 0.05) is 24.7 Å². The number of rotatable bonds is 3. The van der Waals surface area contributed by atoms with E-state index in [9.17, 15) is 0 Å². The summed E-state index contributed by atoms with van der Waals surface area (Å²) in [5.41, 5.74) is 6.78. The fourth-order valence-electron chi connectivity index (χ4n) is 3.48. The third-order valence-electron chi connectivity index (χ3n) is 4.45. The lowest BCUT2D eigenvalue weighted by molar-refractivity contribution is -0.0362. The van der Waals surface area contributed by atoms with Crippen molar-refractivity contribution in [2.45, 2.75) is 51.1 Å². The van der Waals surface area contributed by atoms with Crippen LogP contribution in [-0.4, -0.2) is 42.8 Å². The highest BCUT2D eigenvalue weighted by Crippen LogP contribution is 2.39. The van der Waals surface area contributed by atoms with E-state index >= 15 is 0 Å². The number of morpholine rings is 1. The summed E-state index contributed by atoms with van der Waals surface area (Å²) in [5.74, 6) is 0.570. The third-order valence-corrected chi connectivity index (χ3v) is 4.45. The third kappa shape index (κ3) is 2.13. The Morgan fingerprint density at radius 3 is 2.19 bits per heavy atom. The van der Waals surface area contributed by atoms with Crippen molar-refractivity contribution in [2.24, 2.45) is 11.7 Å². The van der Waals surface area contributed by atoms with Gasteiger partial charge in [-0.3, -0.25) is 4.90 Å². The van der Waals surface area contributed by atoms with E-state index in [2.05, 4.69) is 18.7 Å². The molecule has 1 aliphatic heterocycles. The number of hydrogen-bond acceptors (Lipinski definition) is 3. The maximum absolute atomic E-state index is 6.51. The number of hydrogen-bond donors (Lipinski definition) is 1. The first-order valence-corrected chi connectivity index (χ1v) is 6.75. The molecule has 0 radical (unpaired) electrons. The van der Waals surface area contributed by atoms with Crippen LogP contribution in [-0.2, 0) is 4.74 Å². The van der Waals surface area contributed by atoms with Gasteiger partial charge in [0.05, 0.1) is 13.2 Å². The van der Waals surface area contributed by atoms with Gasteiger partial charge in [0.25, 0.3) is 0 Å². The molecule has 1 saturated heterocycles. The van der Waals surface area contributed by atoms with Crippen molar-refractivity contribution in [3.05, 3.63) is 0 Å². The van der Waals surface area contributed by atoms with Crippen LogP contribution < -0.4 is 5.73 Å². The lowest BCUT2D eigenvalue weighted by atomic mass is 9.80. The zero-order chi connectivity index (χ0) is 11.6. The summed E-state index contributed by atoms with van der Waals surface area (Å²) >= 11 is 0. The molecule has 0 bridgehead atoms. The van der Waals surface area contributed by atoms with Crippen molar-refractivity contribution < 1.29 is 4.74 Å². The first-order valence-electron chi connectivity index (χ1n) is 6.75. The summed E-state index contributed by atoms with van der Waals surface area (Å²) in [7, 11) is 0. The smallest absolute Gasteiger partial charge is 0.0594 e. The molecule has 0 amide bonds. The van der Waals surface area contributed by atoms with E-state index in [1.165, 1.54) is 25.7 Å². The molecule has 2 aliphatic rings. The Morgan fingerprint density at radius 1 is 1.12 bits per heavy atom. The molecule has 1 heterocycles. The molecule has 94 valence electrons. The molecule has 2 rings (SSSR count). The highest BCUT2D eigenvalue weighted by atomic mass is 16.5. The van der Waals surface area contributed by atoms with Gasteiger partial charge in [0.2, 0.25) is 0 Å². The molecule has 1 unspecified atom stereocenters. The molecule has 16 heavy (non-hydrogen) atoms. The van der Waals surface area contributed by atoms with Gasteiger partial charge in [-0.25, -0.2) is 0 Å². The molecule has 0 spiro atoms. The SMILES string of the molecule is CC(C)C(N)C1(N2CCOCC2)CCCC1. The predicted molar refractivity (Wildman–Crippen MR) is 66.4 cm³/mol. The van der Waals surface area contributed by atoms with Gasteiger partial charge in [0.1, 0.15) is 0 Å². The van der Waals surface area contributed by atoms with E-state index in [0.717, 1.165) is 26.3 Å². The van der Waals surface area contributed by atoms with Gasteiger partial charge in [-0.05, 0) is 18.8 Å². The Labute approximate surface area is 99.3 Å². The second-order valence-corrected chi connectivity index (χ2v) is 5.68. The van der Waals surface area contributed by atoms with Gasteiger partial charge in [0.15, 0.2) is 0 Å². The van der Waals surface area contributed by atoms with Crippen molar-refractivity contribution in [1.29, 1.82) is 0 Å². The van der Waals surface area contributed by atoms with Crippen molar-refractivity contribution in [3.8, 4) is 0 Å². The summed E-state index contributed by atoms with van der Waals surface area (Å²) in [4.78, 5) is 2.62. The molecule has 1 aliphatic carbocycles. The Morgan fingerprint density at radius 2 is 1.69 bits per heavy atom. The van der Waals surface area contributed by atoms with Gasteiger partial charge < -0.3 is 10.5 Å². The zero-order valence-electron chi connectivity index (χ0n) is 10.7. The Balaban J connectivity index is 2.13. The van der Waals surface area contributed by atoms with Crippen molar-refractivity contribution in [1.82, 2.24) is 4.90 Å². The average Bonchev–Trinajstić information content (AvgIpc) is 2.79. The molecule has 0 aromatic rings. The molecule has 1 atom stereocenters. The second-order valence-electron chi connectivity index (χ2n) is 5.68. The summed E-state index contributed by atoms with van der Waals surface area (Å²) in [5, 5.41) is 0. The van der Waals surface area contributed by atoms with Crippen LogP contribution in [0.25, 0.3) is 0 Å². The molecule has 1 saturated carbocycles. The van der Waals surface area contributed by atoms with E-state index in [-0.39, 0.29) is 5.54 Å². The van der Waals surface area contributed by atoms with Gasteiger partial charge in [-0.2, -0.15) is 0 Å². The summed E-state index contributed by atoms with van der Waals surface area (Å²) in [6, 6.07) is 0.313.